The van der Waals surface area contributed by atoms with Crippen molar-refractivity contribution in [2.75, 3.05) is 0 Å². The van der Waals surface area contributed by atoms with Crippen molar-refractivity contribution in [1.29, 1.82) is 0 Å². The van der Waals surface area contributed by atoms with Gasteiger partial charge in [0.2, 0.25) is 0 Å². The van der Waals surface area contributed by atoms with Crippen molar-refractivity contribution in [3.05, 3.63) is 64.2 Å². The molecule has 1 N–H and O–H groups in total. The highest BCUT2D eigenvalue weighted by molar-refractivity contribution is 7.16. The summed E-state index contributed by atoms with van der Waals surface area (Å²) < 4.78 is 15.3. The van der Waals surface area contributed by atoms with E-state index in [0.717, 1.165) is 16.9 Å². The number of carbonyl (C=O) groups is 2. The lowest BCUT2D eigenvalue weighted by atomic mass is 10.1. The molecule has 3 rings (SSSR count). The lowest BCUT2D eigenvalue weighted by Crippen LogP contribution is -2.21. The number of carboxylic acids is 1. The van der Waals surface area contributed by atoms with E-state index in [0.29, 0.717) is 15.8 Å². The number of rotatable bonds is 3. The second-order valence-electron chi connectivity index (χ2n) is 5.26. The van der Waals surface area contributed by atoms with Gasteiger partial charge in [-0.2, -0.15) is 4.99 Å². The molecule has 3 aromatic rings. The molecule has 7 heteroatoms. The predicted molar refractivity (Wildman–Crippen MR) is 88.5 cm³/mol. The van der Waals surface area contributed by atoms with Crippen molar-refractivity contribution < 1.29 is 19.1 Å². The molecule has 0 bridgehead atoms. The molecule has 0 unspecified atom stereocenters. The minimum atomic E-state index is -1.07. The number of thiazole rings is 1. The molecule has 1 heterocycles. The number of benzene rings is 2. The van der Waals surface area contributed by atoms with E-state index in [-0.39, 0.29) is 11.3 Å². The minimum absolute atomic E-state index is 0.226. The van der Waals surface area contributed by atoms with Crippen molar-refractivity contribution in [2.45, 2.75) is 13.5 Å². The van der Waals surface area contributed by atoms with Crippen LogP contribution < -0.4 is 4.80 Å². The Morgan fingerprint density at radius 2 is 1.92 bits per heavy atom. The third kappa shape index (κ3) is 3.26. The molecule has 5 nitrogen and oxygen atoms in total. The summed E-state index contributed by atoms with van der Waals surface area (Å²) in [4.78, 5) is 27.7. The zero-order chi connectivity index (χ0) is 17.3. The van der Waals surface area contributed by atoms with Gasteiger partial charge >= 0.3 is 5.97 Å². The van der Waals surface area contributed by atoms with Crippen LogP contribution >= 0.6 is 11.3 Å². The topological polar surface area (TPSA) is 71.7 Å². The monoisotopic (exact) mass is 344 g/mol. The average molecular weight is 344 g/mol. The van der Waals surface area contributed by atoms with Gasteiger partial charge in [-0.05, 0) is 37.3 Å². The molecule has 0 aliphatic carbocycles. The molecule has 0 aliphatic rings. The quantitative estimate of drug-likeness (QED) is 0.794. The van der Waals surface area contributed by atoms with Crippen molar-refractivity contribution in [3.8, 4) is 0 Å². The molecule has 0 radical (unpaired) electrons. The zero-order valence-electron chi connectivity index (χ0n) is 12.7. The third-order valence-electron chi connectivity index (χ3n) is 3.43. The van der Waals surface area contributed by atoms with Crippen LogP contribution in [0, 0.1) is 12.7 Å². The molecule has 0 fully saturated rings. The average Bonchev–Trinajstić information content (AvgIpc) is 2.84. The first kappa shape index (κ1) is 16.1. The summed E-state index contributed by atoms with van der Waals surface area (Å²) in [6.07, 6.45) is 0. The molecular formula is C17H13FN2O3S. The van der Waals surface area contributed by atoms with E-state index in [9.17, 15) is 14.0 Å². The third-order valence-corrected chi connectivity index (χ3v) is 4.48. The lowest BCUT2D eigenvalue weighted by Gasteiger charge is -2.01. The molecule has 1 aromatic heterocycles. The van der Waals surface area contributed by atoms with Gasteiger partial charge in [0.15, 0.2) is 4.80 Å². The largest absolute Gasteiger partial charge is 0.480 e. The van der Waals surface area contributed by atoms with E-state index in [2.05, 4.69) is 4.99 Å². The molecule has 0 atom stereocenters. The predicted octanol–water partition coefficient (Wildman–Crippen LogP) is 2.98. The number of aromatic nitrogens is 1. The van der Waals surface area contributed by atoms with Gasteiger partial charge in [-0.3, -0.25) is 9.59 Å². The van der Waals surface area contributed by atoms with Crippen LogP contribution in [0.2, 0.25) is 0 Å². The summed E-state index contributed by atoms with van der Waals surface area (Å²) in [5.41, 5.74) is 1.95. The Balaban J connectivity index is 2.14. The molecule has 0 spiro atoms. The normalized spacial score (nSPS) is 11.8. The highest BCUT2D eigenvalue weighted by Gasteiger charge is 2.12. The highest BCUT2D eigenvalue weighted by Crippen LogP contribution is 2.18. The Morgan fingerprint density at radius 1 is 1.21 bits per heavy atom. The number of amides is 1. The molecule has 0 saturated carbocycles. The van der Waals surface area contributed by atoms with Crippen LogP contribution in [0.25, 0.3) is 10.2 Å². The molecule has 1 amide bonds. The summed E-state index contributed by atoms with van der Waals surface area (Å²) >= 11 is 1.08. The van der Waals surface area contributed by atoms with E-state index in [4.69, 9.17) is 5.11 Å². The fourth-order valence-corrected chi connectivity index (χ4v) is 3.32. The Kier molecular flexibility index (Phi) is 4.26. The first-order valence-corrected chi connectivity index (χ1v) is 7.92. The van der Waals surface area contributed by atoms with Crippen LogP contribution in [0.5, 0.6) is 0 Å². The van der Waals surface area contributed by atoms with Crippen LogP contribution in [0.3, 0.4) is 0 Å². The molecular weight excluding hydrogens is 331 g/mol. The summed E-state index contributed by atoms with van der Waals surface area (Å²) in [7, 11) is 0. The zero-order valence-corrected chi connectivity index (χ0v) is 13.5. The van der Waals surface area contributed by atoms with Crippen LogP contribution in [-0.2, 0) is 11.3 Å². The maximum atomic E-state index is 13.4. The molecule has 122 valence electrons. The number of fused-ring (bicyclic) bond motifs is 1. The number of hydrogen-bond donors (Lipinski definition) is 1. The number of hydrogen-bond acceptors (Lipinski definition) is 3. The second kappa shape index (κ2) is 6.37. The van der Waals surface area contributed by atoms with Crippen LogP contribution in [0.1, 0.15) is 15.9 Å². The van der Waals surface area contributed by atoms with E-state index < -0.39 is 17.7 Å². The summed E-state index contributed by atoms with van der Waals surface area (Å²) in [5.74, 6) is -1.97. The van der Waals surface area contributed by atoms with E-state index in [1.165, 1.54) is 22.8 Å². The maximum Gasteiger partial charge on any atom is 0.323 e. The number of halogens is 1. The number of aliphatic carboxylic acids is 1. The van der Waals surface area contributed by atoms with Gasteiger partial charge in [0.1, 0.15) is 12.4 Å². The van der Waals surface area contributed by atoms with E-state index >= 15 is 0 Å². The van der Waals surface area contributed by atoms with Gasteiger partial charge in [0, 0.05) is 5.56 Å². The fourth-order valence-electron chi connectivity index (χ4n) is 2.27. The van der Waals surface area contributed by atoms with E-state index in [1.54, 1.807) is 24.3 Å². The summed E-state index contributed by atoms with van der Waals surface area (Å²) in [6.45, 7) is 1.55. The van der Waals surface area contributed by atoms with Crippen LogP contribution in [0.15, 0.2) is 47.5 Å². The number of aryl methyl sites for hydroxylation is 1. The Hall–Kier alpha value is -2.80. The van der Waals surface area contributed by atoms with E-state index in [1.807, 2.05) is 6.92 Å². The highest BCUT2D eigenvalue weighted by atomic mass is 32.1. The first-order chi connectivity index (χ1) is 11.4. The van der Waals surface area contributed by atoms with Gasteiger partial charge in [-0.1, -0.05) is 29.0 Å². The smallest absolute Gasteiger partial charge is 0.323 e. The first-order valence-electron chi connectivity index (χ1n) is 7.10. The number of carboxylic acid groups (broad SMARTS) is 1. The SMILES string of the molecule is Cc1ccc(C(=O)N=c2sc3cc(F)ccc3n2CC(=O)O)cc1. The fraction of sp³-hybridized carbons (Fsp3) is 0.118. The Morgan fingerprint density at radius 3 is 2.58 bits per heavy atom. The van der Waals surface area contributed by atoms with Gasteiger partial charge < -0.3 is 9.67 Å². The second-order valence-corrected chi connectivity index (χ2v) is 6.27. The maximum absolute atomic E-state index is 13.4. The molecule has 2 aromatic carbocycles. The Labute approximate surface area is 140 Å². The van der Waals surface area contributed by atoms with Crippen molar-refractivity contribution in [1.82, 2.24) is 4.57 Å². The van der Waals surface area contributed by atoms with Gasteiger partial charge in [-0.25, -0.2) is 4.39 Å². The van der Waals surface area contributed by atoms with Crippen LogP contribution in [0.4, 0.5) is 4.39 Å². The standard InChI is InChI=1S/C17H13FN2O3S/c1-10-2-4-11(5-3-10)16(23)19-17-20(9-15(21)22)13-7-6-12(18)8-14(13)24-17/h2-8H,9H2,1H3,(H,21,22). The van der Waals surface area contributed by atoms with Gasteiger partial charge in [-0.15, -0.1) is 0 Å². The number of nitrogens with zero attached hydrogens (tertiary/aromatic N) is 2. The van der Waals surface area contributed by atoms with Gasteiger partial charge in [0.25, 0.3) is 5.91 Å². The minimum Gasteiger partial charge on any atom is -0.480 e. The van der Waals surface area contributed by atoms with Crippen molar-refractivity contribution in [3.63, 3.8) is 0 Å². The number of carbonyl (C=O) groups excluding carboxylic acids is 1. The molecule has 24 heavy (non-hydrogen) atoms. The van der Waals surface area contributed by atoms with Crippen molar-refractivity contribution in [2.24, 2.45) is 4.99 Å². The van der Waals surface area contributed by atoms with Crippen molar-refractivity contribution >= 4 is 33.4 Å². The molecule has 0 aliphatic heterocycles. The summed E-state index contributed by atoms with van der Waals surface area (Å²) in [6, 6.07) is 11.0. The molecule has 0 saturated heterocycles. The van der Waals surface area contributed by atoms with Crippen LogP contribution in [-0.4, -0.2) is 21.6 Å². The lowest BCUT2D eigenvalue weighted by molar-refractivity contribution is -0.137. The Bertz CT molecular complexity index is 1000. The van der Waals surface area contributed by atoms with Gasteiger partial charge in [0.05, 0.1) is 10.2 Å². The summed E-state index contributed by atoms with van der Waals surface area (Å²) in [5, 5.41) is 9.09.